The number of aliphatic hydroxyl groups is 1. The summed E-state index contributed by atoms with van der Waals surface area (Å²) in [6, 6.07) is 13.0. The molecular formula is C28H44N4O2. The molecule has 34 heavy (non-hydrogen) atoms. The molecule has 4 N–H and O–H groups in total. The molecule has 0 saturated carbocycles. The molecule has 0 bridgehead atoms. The summed E-state index contributed by atoms with van der Waals surface area (Å²) in [5.41, 5.74) is 8.37. The van der Waals surface area contributed by atoms with E-state index in [2.05, 4.69) is 79.3 Å². The van der Waals surface area contributed by atoms with Crippen molar-refractivity contribution in [2.75, 3.05) is 44.6 Å². The SMILES string of the molecule is CC(C)(CCC(C)(C)c1ccnc(NCCN)c1)c1ccc(OC2CCN(CCO)CC2)cc1. The molecule has 1 aromatic heterocycles. The summed E-state index contributed by atoms with van der Waals surface area (Å²) in [4.78, 5) is 6.72. The highest BCUT2D eigenvalue weighted by atomic mass is 16.5. The van der Waals surface area contributed by atoms with Crippen molar-refractivity contribution >= 4 is 5.82 Å². The molecule has 0 radical (unpaired) electrons. The fourth-order valence-electron chi connectivity index (χ4n) is 4.63. The van der Waals surface area contributed by atoms with Crippen LogP contribution in [-0.4, -0.2) is 60.4 Å². The minimum atomic E-state index is 0.0489. The van der Waals surface area contributed by atoms with E-state index >= 15 is 0 Å². The van der Waals surface area contributed by atoms with E-state index in [0.29, 0.717) is 6.54 Å². The minimum Gasteiger partial charge on any atom is -0.490 e. The van der Waals surface area contributed by atoms with E-state index in [0.717, 1.165) is 63.4 Å². The predicted molar refractivity (Wildman–Crippen MR) is 141 cm³/mol. The van der Waals surface area contributed by atoms with Crippen molar-refractivity contribution in [1.29, 1.82) is 0 Å². The molecule has 6 nitrogen and oxygen atoms in total. The number of anilines is 1. The number of nitrogens with two attached hydrogens (primary N) is 1. The Bertz CT molecular complexity index is 874. The Kier molecular flexibility index (Phi) is 9.34. The average Bonchev–Trinajstić information content (AvgIpc) is 2.84. The molecule has 0 amide bonds. The average molecular weight is 469 g/mol. The molecule has 1 aliphatic heterocycles. The molecule has 0 unspecified atom stereocenters. The van der Waals surface area contributed by atoms with Crippen molar-refractivity contribution in [3.63, 3.8) is 0 Å². The number of piperidine rings is 1. The van der Waals surface area contributed by atoms with Crippen molar-refractivity contribution in [2.45, 2.75) is 70.3 Å². The summed E-state index contributed by atoms with van der Waals surface area (Å²) < 4.78 is 6.25. The molecule has 1 fully saturated rings. The zero-order chi connectivity index (χ0) is 24.6. The smallest absolute Gasteiger partial charge is 0.126 e. The van der Waals surface area contributed by atoms with E-state index in [9.17, 15) is 0 Å². The first-order chi connectivity index (χ1) is 16.2. The second-order valence-corrected chi connectivity index (χ2v) is 10.8. The second kappa shape index (κ2) is 12.0. The standard InChI is InChI=1S/C28H44N4O2/c1-27(2,12-13-28(3,4)23-9-15-30-26(21-23)31-16-14-29)22-5-7-24(8-6-22)34-25-10-17-32(18-11-25)19-20-33/h5-9,15,21,25,33H,10-14,16-20,29H2,1-4H3,(H,30,31). The van der Waals surface area contributed by atoms with Crippen molar-refractivity contribution in [3.8, 4) is 5.75 Å². The summed E-state index contributed by atoms with van der Waals surface area (Å²) in [5, 5.41) is 12.4. The summed E-state index contributed by atoms with van der Waals surface area (Å²) in [5.74, 6) is 1.85. The van der Waals surface area contributed by atoms with Gasteiger partial charge in [0.25, 0.3) is 0 Å². The normalized spacial score (nSPS) is 15.9. The zero-order valence-electron chi connectivity index (χ0n) is 21.5. The molecule has 1 saturated heterocycles. The Hall–Kier alpha value is -2.15. The molecule has 6 heteroatoms. The van der Waals surface area contributed by atoms with Crippen LogP contribution in [0, 0.1) is 0 Å². The first-order valence-electron chi connectivity index (χ1n) is 12.7. The number of benzene rings is 1. The molecular weight excluding hydrogens is 424 g/mol. The van der Waals surface area contributed by atoms with Crippen molar-refractivity contribution < 1.29 is 9.84 Å². The fraction of sp³-hybridized carbons (Fsp3) is 0.607. The third-order valence-corrected chi connectivity index (χ3v) is 7.26. The van der Waals surface area contributed by atoms with Crippen LogP contribution in [0.4, 0.5) is 5.82 Å². The third kappa shape index (κ3) is 7.42. The number of likely N-dealkylation sites (tertiary alicyclic amines) is 1. The van der Waals surface area contributed by atoms with Crippen LogP contribution in [0.25, 0.3) is 0 Å². The minimum absolute atomic E-state index is 0.0489. The Balaban J connectivity index is 1.55. The Morgan fingerprint density at radius 2 is 1.68 bits per heavy atom. The number of aliphatic hydroxyl groups excluding tert-OH is 1. The maximum absolute atomic E-state index is 9.11. The Labute approximate surface area is 205 Å². The van der Waals surface area contributed by atoms with Gasteiger partial charge in [-0.05, 0) is 71.9 Å². The van der Waals surface area contributed by atoms with Crippen LogP contribution in [-0.2, 0) is 10.8 Å². The first kappa shape index (κ1) is 26.5. The largest absolute Gasteiger partial charge is 0.490 e. The molecule has 2 heterocycles. The lowest BCUT2D eigenvalue weighted by atomic mass is 9.73. The molecule has 0 atom stereocenters. The van der Waals surface area contributed by atoms with Crippen LogP contribution in [0.15, 0.2) is 42.6 Å². The lowest BCUT2D eigenvalue weighted by Crippen LogP contribution is -2.39. The number of nitrogens with one attached hydrogen (secondary N) is 1. The second-order valence-electron chi connectivity index (χ2n) is 10.8. The van der Waals surface area contributed by atoms with Crippen LogP contribution < -0.4 is 15.8 Å². The van der Waals surface area contributed by atoms with Gasteiger partial charge >= 0.3 is 0 Å². The summed E-state index contributed by atoms with van der Waals surface area (Å²) in [7, 11) is 0. The van der Waals surface area contributed by atoms with Crippen molar-refractivity contribution in [3.05, 3.63) is 53.7 Å². The number of nitrogens with zero attached hydrogens (tertiary/aromatic N) is 2. The number of hydrogen-bond acceptors (Lipinski definition) is 6. The van der Waals surface area contributed by atoms with Gasteiger partial charge in [-0.15, -0.1) is 0 Å². The van der Waals surface area contributed by atoms with Crippen LogP contribution in [0.1, 0.15) is 64.5 Å². The molecule has 3 rings (SSSR count). The molecule has 2 aromatic rings. The van der Waals surface area contributed by atoms with E-state index in [-0.39, 0.29) is 23.5 Å². The quantitative estimate of drug-likeness (QED) is 0.430. The molecule has 1 aromatic carbocycles. The highest BCUT2D eigenvalue weighted by molar-refractivity contribution is 5.40. The van der Waals surface area contributed by atoms with Crippen molar-refractivity contribution in [2.24, 2.45) is 5.73 Å². The summed E-state index contributed by atoms with van der Waals surface area (Å²) in [6.07, 6.45) is 6.33. The van der Waals surface area contributed by atoms with E-state index in [1.54, 1.807) is 0 Å². The van der Waals surface area contributed by atoms with E-state index in [1.807, 2.05) is 6.20 Å². The van der Waals surface area contributed by atoms with Gasteiger partial charge in [-0.2, -0.15) is 0 Å². The van der Waals surface area contributed by atoms with Crippen LogP contribution in [0.3, 0.4) is 0 Å². The van der Waals surface area contributed by atoms with E-state index < -0.39 is 0 Å². The van der Waals surface area contributed by atoms with Gasteiger partial charge in [-0.25, -0.2) is 4.98 Å². The van der Waals surface area contributed by atoms with Gasteiger partial charge in [0.2, 0.25) is 0 Å². The van der Waals surface area contributed by atoms with Gasteiger partial charge in [0.15, 0.2) is 0 Å². The monoisotopic (exact) mass is 468 g/mol. The Morgan fingerprint density at radius 3 is 2.29 bits per heavy atom. The number of pyridine rings is 1. The fourth-order valence-corrected chi connectivity index (χ4v) is 4.63. The zero-order valence-corrected chi connectivity index (χ0v) is 21.5. The molecule has 1 aliphatic rings. The van der Waals surface area contributed by atoms with Gasteiger partial charge in [0.05, 0.1) is 6.61 Å². The maximum Gasteiger partial charge on any atom is 0.126 e. The molecule has 0 aliphatic carbocycles. The number of aromatic nitrogens is 1. The van der Waals surface area contributed by atoms with Crippen LogP contribution in [0.5, 0.6) is 5.75 Å². The lowest BCUT2D eigenvalue weighted by molar-refractivity contribution is 0.0888. The molecule has 0 spiro atoms. The molecule has 188 valence electrons. The summed E-state index contributed by atoms with van der Waals surface area (Å²) in [6.45, 7) is 13.6. The van der Waals surface area contributed by atoms with Gasteiger partial charge in [-0.1, -0.05) is 39.8 Å². The van der Waals surface area contributed by atoms with Gasteiger partial charge in [-0.3, -0.25) is 0 Å². The highest BCUT2D eigenvalue weighted by Crippen LogP contribution is 2.37. The third-order valence-electron chi connectivity index (χ3n) is 7.26. The summed E-state index contributed by atoms with van der Waals surface area (Å²) >= 11 is 0. The topological polar surface area (TPSA) is 83.6 Å². The number of hydrogen-bond donors (Lipinski definition) is 3. The van der Waals surface area contributed by atoms with E-state index in [1.165, 1.54) is 11.1 Å². The lowest BCUT2D eigenvalue weighted by Gasteiger charge is -2.33. The predicted octanol–water partition coefficient (Wildman–Crippen LogP) is 4.32. The van der Waals surface area contributed by atoms with Gasteiger partial charge in [0, 0.05) is 38.9 Å². The number of ether oxygens (including phenoxy) is 1. The number of rotatable bonds is 12. The van der Waals surface area contributed by atoms with Gasteiger partial charge in [0.1, 0.15) is 17.7 Å². The van der Waals surface area contributed by atoms with Crippen LogP contribution in [0.2, 0.25) is 0 Å². The van der Waals surface area contributed by atoms with E-state index in [4.69, 9.17) is 15.6 Å². The maximum atomic E-state index is 9.11. The first-order valence-corrected chi connectivity index (χ1v) is 12.7. The van der Waals surface area contributed by atoms with Crippen LogP contribution >= 0.6 is 0 Å². The number of β-amino-alcohol motifs (C(OH)–C–C–N with tert-alkyl or cyclic N) is 1. The highest BCUT2D eigenvalue weighted by Gasteiger charge is 2.28. The van der Waals surface area contributed by atoms with Gasteiger partial charge < -0.3 is 25.8 Å². The van der Waals surface area contributed by atoms with Crippen molar-refractivity contribution in [1.82, 2.24) is 9.88 Å². The Morgan fingerprint density at radius 1 is 1.03 bits per heavy atom.